The number of unbranched alkanes of at least 4 members (excludes halogenated alkanes) is 30. The Hall–Kier alpha value is -0.0800. The average Bonchev–Trinajstić information content (AvgIpc) is 3.45. The molecule has 0 unspecified atom stereocenters. The third kappa shape index (κ3) is 26.1. The molecule has 0 saturated carbocycles. The molecule has 0 aliphatic carbocycles. The molecule has 1 saturated heterocycles. The van der Waals surface area contributed by atoms with Crippen LogP contribution in [0.4, 0.5) is 0 Å². The molecule has 2 heteroatoms. The van der Waals surface area contributed by atoms with Crippen LogP contribution in [0.1, 0.15) is 232 Å². The van der Waals surface area contributed by atoms with Gasteiger partial charge >= 0.3 is 0 Å². The van der Waals surface area contributed by atoms with E-state index in [0.717, 1.165) is 26.1 Å². The second-order valence-electron chi connectivity index (χ2n) is 13.7. The molecule has 246 valence electrons. The zero-order valence-corrected chi connectivity index (χ0v) is 28.8. The monoisotopic (exact) mass is 579 g/mol. The van der Waals surface area contributed by atoms with Gasteiger partial charge in [-0.05, 0) is 12.8 Å². The Balaban J connectivity index is 1.84. The van der Waals surface area contributed by atoms with Gasteiger partial charge < -0.3 is 9.47 Å². The number of hydrogen-bond donors (Lipinski definition) is 0. The first-order valence-electron chi connectivity index (χ1n) is 19.6. The highest BCUT2D eigenvalue weighted by Crippen LogP contribution is 2.32. The zero-order chi connectivity index (χ0) is 29.4. The molecule has 0 N–H and O–H groups in total. The maximum atomic E-state index is 6.17. The smallest absolute Gasteiger partial charge is 0.168 e. The van der Waals surface area contributed by atoms with Gasteiger partial charge in [-0.15, -0.1) is 0 Å². The highest BCUT2D eigenvalue weighted by atomic mass is 16.7. The van der Waals surface area contributed by atoms with Crippen LogP contribution in [0.25, 0.3) is 0 Å². The summed E-state index contributed by atoms with van der Waals surface area (Å²) < 4.78 is 12.3. The fourth-order valence-corrected chi connectivity index (χ4v) is 6.80. The first-order valence-corrected chi connectivity index (χ1v) is 19.6. The van der Waals surface area contributed by atoms with Crippen molar-refractivity contribution in [2.24, 2.45) is 0 Å². The zero-order valence-electron chi connectivity index (χ0n) is 28.8. The summed E-state index contributed by atoms with van der Waals surface area (Å²) in [6.45, 7) is 6.22. The van der Waals surface area contributed by atoms with Crippen molar-refractivity contribution >= 4 is 0 Å². The van der Waals surface area contributed by atoms with Gasteiger partial charge in [-0.25, -0.2) is 0 Å². The van der Waals surface area contributed by atoms with E-state index in [1.807, 2.05) is 0 Å². The van der Waals surface area contributed by atoms with E-state index in [2.05, 4.69) is 13.8 Å². The van der Waals surface area contributed by atoms with Crippen LogP contribution < -0.4 is 0 Å². The van der Waals surface area contributed by atoms with E-state index in [0.29, 0.717) is 0 Å². The summed E-state index contributed by atoms with van der Waals surface area (Å²) in [7, 11) is 0. The Bertz CT molecular complexity index is 446. The van der Waals surface area contributed by atoms with Gasteiger partial charge in [0.1, 0.15) is 0 Å². The second kappa shape index (κ2) is 31.3. The van der Waals surface area contributed by atoms with Gasteiger partial charge in [0.25, 0.3) is 0 Å². The minimum atomic E-state index is -0.230. The van der Waals surface area contributed by atoms with Crippen molar-refractivity contribution in [2.45, 2.75) is 238 Å². The molecule has 1 aliphatic heterocycles. The summed E-state index contributed by atoms with van der Waals surface area (Å²) in [5.41, 5.74) is 0. The molecular weight excluding hydrogens is 500 g/mol. The normalized spacial score (nSPS) is 14.8. The SMILES string of the molecule is CCCCCCCCCCCCCCCCCCC1(CCCCCCCCCCCCCCCCCC)OCCO1. The third-order valence-corrected chi connectivity index (χ3v) is 9.64. The summed E-state index contributed by atoms with van der Waals surface area (Å²) in [5.74, 6) is -0.230. The highest BCUT2D eigenvalue weighted by Gasteiger charge is 2.35. The van der Waals surface area contributed by atoms with Crippen LogP contribution in [0, 0.1) is 0 Å². The van der Waals surface area contributed by atoms with Crippen LogP contribution in [0.3, 0.4) is 0 Å². The summed E-state index contributed by atoms with van der Waals surface area (Å²) in [6.07, 6.45) is 47.9. The van der Waals surface area contributed by atoms with E-state index in [9.17, 15) is 0 Å². The topological polar surface area (TPSA) is 18.5 Å². The van der Waals surface area contributed by atoms with Crippen molar-refractivity contribution in [1.29, 1.82) is 0 Å². The lowest BCUT2D eigenvalue weighted by molar-refractivity contribution is -0.168. The van der Waals surface area contributed by atoms with Crippen LogP contribution in [-0.2, 0) is 9.47 Å². The Morgan fingerprint density at radius 1 is 0.293 bits per heavy atom. The van der Waals surface area contributed by atoms with Crippen molar-refractivity contribution in [2.75, 3.05) is 13.2 Å². The van der Waals surface area contributed by atoms with Crippen LogP contribution in [0.15, 0.2) is 0 Å². The van der Waals surface area contributed by atoms with Gasteiger partial charge in [-0.2, -0.15) is 0 Å². The molecule has 1 aliphatic rings. The van der Waals surface area contributed by atoms with Gasteiger partial charge in [-0.3, -0.25) is 0 Å². The molecule has 0 amide bonds. The van der Waals surface area contributed by atoms with Crippen molar-refractivity contribution in [3.8, 4) is 0 Å². The molecule has 2 nitrogen and oxygen atoms in total. The fourth-order valence-electron chi connectivity index (χ4n) is 6.80. The van der Waals surface area contributed by atoms with E-state index in [4.69, 9.17) is 9.47 Å². The molecule has 1 rings (SSSR count). The van der Waals surface area contributed by atoms with Crippen LogP contribution in [0.5, 0.6) is 0 Å². The first kappa shape index (κ1) is 38.9. The predicted octanol–water partition coefficient (Wildman–Crippen LogP) is 14.0. The maximum absolute atomic E-state index is 6.17. The van der Waals surface area contributed by atoms with Crippen LogP contribution in [-0.4, -0.2) is 19.0 Å². The predicted molar refractivity (Wildman–Crippen MR) is 183 cm³/mol. The fraction of sp³-hybridized carbons (Fsp3) is 1.00. The molecular formula is C39H78O2. The second-order valence-corrected chi connectivity index (χ2v) is 13.7. The summed E-state index contributed by atoms with van der Waals surface area (Å²) in [6, 6.07) is 0. The largest absolute Gasteiger partial charge is 0.348 e. The number of hydrogen-bond acceptors (Lipinski definition) is 2. The van der Waals surface area contributed by atoms with Crippen LogP contribution >= 0.6 is 0 Å². The molecule has 0 radical (unpaired) electrons. The minimum absolute atomic E-state index is 0.230. The third-order valence-electron chi connectivity index (χ3n) is 9.64. The quantitative estimate of drug-likeness (QED) is 0.0707. The van der Waals surface area contributed by atoms with Gasteiger partial charge in [0.2, 0.25) is 0 Å². The van der Waals surface area contributed by atoms with Crippen molar-refractivity contribution < 1.29 is 9.47 Å². The van der Waals surface area contributed by atoms with Gasteiger partial charge in [0, 0.05) is 12.8 Å². The Labute approximate surface area is 260 Å². The van der Waals surface area contributed by atoms with E-state index < -0.39 is 0 Å². The lowest BCUT2D eigenvalue weighted by Gasteiger charge is -2.27. The minimum Gasteiger partial charge on any atom is -0.348 e. The number of ether oxygens (including phenoxy) is 2. The Morgan fingerprint density at radius 2 is 0.488 bits per heavy atom. The maximum Gasteiger partial charge on any atom is 0.168 e. The average molecular weight is 579 g/mol. The van der Waals surface area contributed by atoms with E-state index in [1.165, 1.54) is 205 Å². The number of rotatable bonds is 34. The first-order chi connectivity index (χ1) is 20.3. The van der Waals surface area contributed by atoms with Gasteiger partial charge in [0.05, 0.1) is 13.2 Å². The van der Waals surface area contributed by atoms with Crippen molar-refractivity contribution in [1.82, 2.24) is 0 Å². The van der Waals surface area contributed by atoms with Gasteiger partial charge in [-0.1, -0.05) is 206 Å². The molecule has 0 aromatic heterocycles. The summed E-state index contributed by atoms with van der Waals surface area (Å²) in [5, 5.41) is 0. The summed E-state index contributed by atoms with van der Waals surface area (Å²) in [4.78, 5) is 0. The molecule has 41 heavy (non-hydrogen) atoms. The standard InChI is InChI=1S/C39H78O2/c1-3-5-7-9-11-13-15-17-19-21-23-25-27-29-31-33-35-39(40-37-38-41-39)36-34-32-30-28-26-24-22-20-18-16-14-12-10-8-6-4-2/h3-38H2,1-2H3. The van der Waals surface area contributed by atoms with Crippen molar-refractivity contribution in [3.63, 3.8) is 0 Å². The summed E-state index contributed by atoms with van der Waals surface area (Å²) >= 11 is 0. The molecule has 1 fully saturated rings. The molecule has 0 aromatic rings. The van der Waals surface area contributed by atoms with Crippen molar-refractivity contribution in [3.05, 3.63) is 0 Å². The molecule has 0 atom stereocenters. The highest BCUT2D eigenvalue weighted by molar-refractivity contribution is 4.74. The molecule has 0 aromatic carbocycles. The lowest BCUT2D eigenvalue weighted by atomic mass is 9.98. The lowest BCUT2D eigenvalue weighted by Crippen LogP contribution is -2.30. The van der Waals surface area contributed by atoms with Crippen LogP contribution in [0.2, 0.25) is 0 Å². The Kier molecular flexibility index (Phi) is 29.8. The molecule has 1 heterocycles. The molecule has 0 bridgehead atoms. The van der Waals surface area contributed by atoms with Gasteiger partial charge in [0.15, 0.2) is 5.79 Å². The Morgan fingerprint density at radius 3 is 0.707 bits per heavy atom. The van der Waals surface area contributed by atoms with E-state index in [1.54, 1.807) is 0 Å². The van der Waals surface area contributed by atoms with E-state index >= 15 is 0 Å². The van der Waals surface area contributed by atoms with E-state index in [-0.39, 0.29) is 5.79 Å². The molecule has 0 spiro atoms.